The number of carbonyl (C=O) groups excluding carboxylic acids is 1. The predicted molar refractivity (Wildman–Crippen MR) is 58.3 cm³/mol. The average Bonchev–Trinajstić information content (AvgIpc) is 2.22. The van der Waals surface area contributed by atoms with E-state index in [9.17, 15) is 4.79 Å². The fourth-order valence-electron chi connectivity index (χ4n) is 1.50. The van der Waals surface area contributed by atoms with Gasteiger partial charge in [-0.25, -0.2) is 4.79 Å². The molecule has 0 bridgehead atoms. The first kappa shape index (κ1) is 10.6. The van der Waals surface area contributed by atoms with Gasteiger partial charge in [-0.2, -0.15) is 0 Å². The van der Waals surface area contributed by atoms with Gasteiger partial charge in [0.05, 0.1) is 22.7 Å². The molecule has 1 saturated heterocycles. The van der Waals surface area contributed by atoms with Crippen molar-refractivity contribution in [2.24, 2.45) is 0 Å². The van der Waals surface area contributed by atoms with Gasteiger partial charge >= 0.3 is 6.09 Å². The zero-order chi connectivity index (χ0) is 10.8. The molecule has 80 valence electrons. The molecule has 0 saturated carbocycles. The number of cyclic esters (lactones) is 1. The molecule has 15 heavy (non-hydrogen) atoms. The minimum absolute atomic E-state index is 0.0407. The monoisotopic (exact) mass is 245 g/mol. The Labute approximate surface area is 97.3 Å². The Morgan fingerprint density at radius 2 is 2.13 bits per heavy atom. The number of carbonyl (C=O) groups is 1. The minimum Gasteiger partial charge on any atom is -0.449 e. The molecule has 1 N–H and O–H groups in total. The van der Waals surface area contributed by atoms with Crippen LogP contribution in [0.4, 0.5) is 4.79 Å². The second kappa shape index (κ2) is 4.29. The molecule has 3 nitrogen and oxygen atoms in total. The van der Waals surface area contributed by atoms with Crippen molar-refractivity contribution in [3.8, 4) is 0 Å². The summed E-state index contributed by atoms with van der Waals surface area (Å²) in [6.07, 6.45) is 0.348. The van der Waals surface area contributed by atoms with Gasteiger partial charge in [0.1, 0.15) is 0 Å². The molecular formula is C10H9Cl2NO2. The Morgan fingerprint density at radius 3 is 2.80 bits per heavy atom. The summed E-state index contributed by atoms with van der Waals surface area (Å²) >= 11 is 11.7. The first-order chi connectivity index (χ1) is 7.16. The lowest BCUT2D eigenvalue weighted by Gasteiger charge is -2.23. The molecule has 1 atom stereocenters. The van der Waals surface area contributed by atoms with Crippen molar-refractivity contribution in [3.05, 3.63) is 33.8 Å². The second-order valence-electron chi connectivity index (χ2n) is 3.30. The van der Waals surface area contributed by atoms with Crippen LogP contribution in [-0.2, 0) is 4.74 Å². The number of nitrogens with one attached hydrogen (secondary N) is 1. The second-order valence-corrected chi connectivity index (χ2v) is 4.11. The first-order valence-electron chi connectivity index (χ1n) is 4.55. The van der Waals surface area contributed by atoms with Crippen LogP contribution in [0.2, 0.25) is 10.0 Å². The van der Waals surface area contributed by atoms with Gasteiger partial charge < -0.3 is 10.1 Å². The van der Waals surface area contributed by atoms with Gasteiger partial charge in [0.25, 0.3) is 0 Å². The smallest absolute Gasteiger partial charge is 0.407 e. The third kappa shape index (κ3) is 2.36. The van der Waals surface area contributed by atoms with E-state index in [-0.39, 0.29) is 6.04 Å². The Morgan fingerprint density at radius 1 is 1.33 bits per heavy atom. The van der Waals surface area contributed by atoms with Crippen LogP contribution >= 0.6 is 23.2 Å². The van der Waals surface area contributed by atoms with E-state index in [0.717, 1.165) is 12.0 Å². The highest BCUT2D eigenvalue weighted by atomic mass is 35.5. The molecule has 2 rings (SSSR count). The third-order valence-electron chi connectivity index (χ3n) is 2.28. The lowest BCUT2D eigenvalue weighted by Crippen LogP contribution is -2.35. The third-order valence-corrected chi connectivity index (χ3v) is 3.02. The Kier molecular flexibility index (Phi) is 3.03. The molecule has 1 aliphatic rings. The van der Waals surface area contributed by atoms with E-state index in [2.05, 4.69) is 5.32 Å². The molecule has 0 radical (unpaired) electrons. The zero-order valence-electron chi connectivity index (χ0n) is 7.80. The summed E-state index contributed by atoms with van der Waals surface area (Å²) in [6, 6.07) is 5.30. The van der Waals surface area contributed by atoms with E-state index in [1.807, 2.05) is 6.07 Å². The standard InChI is InChI=1S/C10H9Cl2NO2/c11-7-2-1-6(5-8(7)12)9-3-4-15-10(14)13-9/h1-2,5,9H,3-4H2,(H,13,14)/t9-/m1/s1. The Hall–Kier alpha value is -0.930. The largest absolute Gasteiger partial charge is 0.449 e. The van der Waals surface area contributed by atoms with Crippen LogP contribution in [0.15, 0.2) is 18.2 Å². The maximum Gasteiger partial charge on any atom is 0.407 e. The van der Waals surface area contributed by atoms with E-state index < -0.39 is 6.09 Å². The van der Waals surface area contributed by atoms with E-state index in [0.29, 0.717) is 16.7 Å². The molecule has 0 aliphatic carbocycles. The summed E-state index contributed by atoms with van der Waals surface area (Å²) in [5, 5.41) is 3.72. The highest BCUT2D eigenvalue weighted by Crippen LogP contribution is 2.27. The number of rotatable bonds is 1. The molecule has 0 aromatic heterocycles. The maximum atomic E-state index is 11.0. The molecule has 0 unspecified atom stereocenters. The van der Waals surface area contributed by atoms with Gasteiger partial charge in [0.2, 0.25) is 0 Å². The van der Waals surface area contributed by atoms with Gasteiger partial charge in [0, 0.05) is 6.42 Å². The van der Waals surface area contributed by atoms with Crippen LogP contribution in [0.3, 0.4) is 0 Å². The lowest BCUT2D eigenvalue weighted by molar-refractivity contribution is 0.115. The summed E-state index contributed by atoms with van der Waals surface area (Å²) in [4.78, 5) is 11.0. The van der Waals surface area contributed by atoms with E-state index >= 15 is 0 Å². The summed E-state index contributed by atoms with van der Waals surface area (Å²) in [5.74, 6) is 0. The molecule has 1 aromatic carbocycles. The number of ether oxygens (including phenoxy) is 1. The zero-order valence-corrected chi connectivity index (χ0v) is 9.31. The number of benzene rings is 1. The van der Waals surface area contributed by atoms with Crippen molar-refractivity contribution in [3.63, 3.8) is 0 Å². The highest BCUT2D eigenvalue weighted by molar-refractivity contribution is 6.42. The predicted octanol–water partition coefficient (Wildman–Crippen LogP) is 3.16. The van der Waals surface area contributed by atoms with Gasteiger partial charge in [-0.05, 0) is 17.7 Å². The van der Waals surface area contributed by atoms with E-state index in [4.69, 9.17) is 27.9 Å². The van der Waals surface area contributed by atoms with Crippen molar-refractivity contribution < 1.29 is 9.53 Å². The highest BCUT2D eigenvalue weighted by Gasteiger charge is 2.20. The molecule has 1 amide bonds. The van der Waals surface area contributed by atoms with Crippen molar-refractivity contribution in [1.29, 1.82) is 0 Å². The lowest BCUT2D eigenvalue weighted by atomic mass is 10.0. The van der Waals surface area contributed by atoms with Crippen LogP contribution in [0, 0.1) is 0 Å². The van der Waals surface area contributed by atoms with Crippen LogP contribution in [0.1, 0.15) is 18.0 Å². The molecular weight excluding hydrogens is 237 g/mol. The molecule has 1 fully saturated rings. The van der Waals surface area contributed by atoms with Gasteiger partial charge in [-0.1, -0.05) is 29.3 Å². The maximum absolute atomic E-state index is 11.0. The molecule has 1 aliphatic heterocycles. The summed E-state index contributed by atoms with van der Waals surface area (Å²) < 4.78 is 4.77. The van der Waals surface area contributed by atoms with Crippen LogP contribution in [-0.4, -0.2) is 12.7 Å². The number of halogens is 2. The summed E-state index contributed by atoms with van der Waals surface area (Å²) in [6.45, 7) is 0.427. The SMILES string of the molecule is O=C1N[C@@H](c2ccc(Cl)c(Cl)c2)CCO1. The normalized spacial score (nSPS) is 20.7. The molecule has 0 spiro atoms. The molecule has 5 heteroatoms. The summed E-state index contributed by atoms with van der Waals surface area (Å²) in [5.41, 5.74) is 0.945. The Bertz CT molecular complexity index is 395. The molecule has 1 heterocycles. The van der Waals surface area contributed by atoms with E-state index in [1.54, 1.807) is 12.1 Å². The topological polar surface area (TPSA) is 38.3 Å². The van der Waals surface area contributed by atoms with Gasteiger partial charge in [-0.3, -0.25) is 0 Å². The quantitative estimate of drug-likeness (QED) is 0.826. The first-order valence-corrected chi connectivity index (χ1v) is 5.30. The average molecular weight is 246 g/mol. The van der Waals surface area contributed by atoms with Crippen molar-refractivity contribution in [2.75, 3.05) is 6.61 Å². The number of hydrogen-bond acceptors (Lipinski definition) is 2. The summed E-state index contributed by atoms with van der Waals surface area (Å²) in [7, 11) is 0. The van der Waals surface area contributed by atoms with E-state index in [1.165, 1.54) is 0 Å². The van der Waals surface area contributed by atoms with Crippen LogP contribution in [0.5, 0.6) is 0 Å². The number of hydrogen-bond donors (Lipinski definition) is 1. The van der Waals surface area contributed by atoms with Crippen molar-refractivity contribution in [1.82, 2.24) is 5.32 Å². The van der Waals surface area contributed by atoms with Crippen molar-refractivity contribution in [2.45, 2.75) is 12.5 Å². The fraction of sp³-hybridized carbons (Fsp3) is 0.300. The Balaban J connectivity index is 2.21. The fourth-order valence-corrected chi connectivity index (χ4v) is 1.81. The number of alkyl carbamates (subject to hydrolysis) is 1. The van der Waals surface area contributed by atoms with Crippen LogP contribution < -0.4 is 5.32 Å². The van der Waals surface area contributed by atoms with Crippen molar-refractivity contribution >= 4 is 29.3 Å². The minimum atomic E-state index is -0.391. The van der Waals surface area contributed by atoms with Gasteiger partial charge in [-0.15, -0.1) is 0 Å². The molecule has 1 aromatic rings. The van der Waals surface area contributed by atoms with Crippen LogP contribution in [0.25, 0.3) is 0 Å². The van der Waals surface area contributed by atoms with Gasteiger partial charge in [0.15, 0.2) is 0 Å². The number of amides is 1.